The molecule has 3 heterocycles. The van der Waals surface area contributed by atoms with E-state index in [0.717, 1.165) is 34.2 Å². The van der Waals surface area contributed by atoms with E-state index in [1.54, 1.807) is 24.4 Å². The molecule has 2 aliphatic rings. The minimum atomic E-state index is -4.44. The lowest BCUT2D eigenvalue weighted by atomic mass is 9.99. The number of benzene rings is 2. The van der Waals surface area contributed by atoms with Crippen molar-refractivity contribution < 1.29 is 27.4 Å². The average Bonchev–Trinajstić information content (AvgIpc) is 3.30. The zero-order valence-corrected chi connectivity index (χ0v) is 15.9. The Hall–Kier alpha value is -3.13. The second kappa shape index (κ2) is 6.70. The van der Waals surface area contributed by atoms with Crippen LogP contribution in [-0.2, 0) is 17.5 Å². The Balaban J connectivity index is 1.42. The van der Waals surface area contributed by atoms with E-state index in [0.29, 0.717) is 17.7 Å². The normalized spacial score (nSPS) is 20.0. The number of alkyl halides is 3. The maximum absolute atomic E-state index is 12.9. The molecule has 2 aromatic carbocycles. The highest BCUT2D eigenvalue weighted by Crippen LogP contribution is 2.39. The smallest absolute Gasteiger partial charge is 0.416 e. The Morgan fingerprint density at radius 2 is 2.03 bits per heavy atom. The van der Waals surface area contributed by atoms with Gasteiger partial charge in [-0.05, 0) is 42.8 Å². The molecule has 1 aromatic heterocycles. The first-order valence-electron chi connectivity index (χ1n) is 9.49. The van der Waals surface area contributed by atoms with E-state index in [-0.39, 0.29) is 24.4 Å². The standard InChI is InChI=1S/C22H17F3N2O3/c1-11-20-13(9-29-11)8-26-17-5-2-12(6-16(17)20)21(28)27-18-10-30-19-7-14(22(23,24)25)3-4-15(18)19/h2-8,11,18H,9-10H2,1H3,(H,27,28)/t11?,18-/m1/s1. The van der Waals surface area contributed by atoms with E-state index in [1.165, 1.54) is 6.07 Å². The van der Waals surface area contributed by atoms with Gasteiger partial charge in [-0.2, -0.15) is 13.2 Å². The molecule has 5 nitrogen and oxygen atoms in total. The average molecular weight is 414 g/mol. The van der Waals surface area contributed by atoms with E-state index < -0.39 is 17.8 Å². The van der Waals surface area contributed by atoms with Crippen molar-refractivity contribution in [3.8, 4) is 5.75 Å². The molecule has 3 aromatic rings. The van der Waals surface area contributed by atoms with Crippen LogP contribution < -0.4 is 10.1 Å². The lowest BCUT2D eigenvalue weighted by Gasteiger charge is -2.14. The summed E-state index contributed by atoms with van der Waals surface area (Å²) in [5, 5.41) is 3.72. The van der Waals surface area contributed by atoms with E-state index in [2.05, 4.69) is 10.3 Å². The van der Waals surface area contributed by atoms with E-state index in [9.17, 15) is 18.0 Å². The van der Waals surface area contributed by atoms with Crippen LogP contribution in [0.4, 0.5) is 13.2 Å². The minimum Gasteiger partial charge on any atom is -0.491 e. The molecule has 0 radical (unpaired) electrons. The largest absolute Gasteiger partial charge is 0.491 e. The highest BCUT2D eigenvalue weighted by atomic mass is 19.4. The highest BCUT2D eigenvalue weighted by molar-refractivity contribution is 5.99. The number of fused-ring (bicyclic) bond motifs is 4. The fourth-order valence-electron chi connectivity index (χ4n) is 4.04. The summed E-state index contributed by atoms with van der Waals surface area (Å²) >= 11 is 0. The number of nitrogens with one attached hydrogen (secondary N) is 1. The SMILES string of the molecule is CC1OCc2cnc3ccc(C(=O)N[C@@H]4COc5cc(C(F)(F)F)ccc54)cc3c21. The molecule has 0 saturated heterocycles. The number of nitrogens with zero attached hydrogens (tertiary/aromatic N) is 1. The third-order valence-electron chi connectivity index (χ3n) is 5.58. The first-order valence-corrected chi connectivity index (χ1v) is 9.49. The fraction of sp³-hybridized carbons (Fsp3) is 0.273. The second-order valence-corrected chi connectivity index (χ2v) is 7.47. The Bertz CT molecular complexity index is 1180. The summed E-state index contributed by atoms with van der Waals surface area (Å²) in [6.45, 7) is 2.53. The van der Waals surface area contributed by atoms with Crippen molar-refractivity contribution >= 4 is 16.8 Å². The van der Waals surface area contributed by atoms with Crippen molar-refractivity contribution in [3.63, 3.8) is 0 Å². The van der Waals surface area contributed by atoms with Gasteiger partial charge in [0.2, 0.25) is 0 Å². The zero-order chi connectivity index (χ0) is 21.0. The maximum Gasteiger partial charge on any atom is 0.416 e. The molecule has 0 bridgehead atoms. The third kappa shape index (κ3) is 3.08. The molecule has 0 spiro atoms. The van der Waals surface area contributed by atoms with Crippen LogP contribution in [0.5, 0.6) is 5.75 Å². The molecule has 5 rings (SSSR count). The second-order valence-electron chi connectivity index (χ2n) is 7.47. The molecule has 2 aliphatic heterocycles. The summed E-state index contributed by atoms with van der Waals surface area (Å²) in [5.74, 6) is -0.191. The Kier molecular flexibility index (Phi) is 4.21. The van der Waals surface area contributed by atoms with Crippen LogP contribution >= 0.6 is 0 Å². The summed E-state index contributed by atoms with van der Waals surface area (Å²) in [6, 6.07) is 8.04. The van der Waals surface area contributed by atoms with Crippen molar-refractivity contribution in [3.05, 3.63) is 70.4 Å². The Morgan fingerprint density at radius 3 is 2.83 bits per heavy atom. The number of carbonyl (C=O) groups excluding carboxylic acids is 1. The number of rotatable bonds is 2. The van der Waals surface area contributed by atoms with Gasteiger partial charge in [0.1, 0.15) is 12.4 Å². The highest BCUT2D eigenvalue weighted by Gasteiger charge is 2.34. The fourth-order valence-corrected chi connectivity index (χ4v) is 4.04. The van der Waals surface area contributed by atoms with Crippen molar-refractivity contribution in [1.29, 1.82) is 0 Å². The molecule has 1 amide bonds. The number of halogens is 3. The van der Waals surface area contributed by atoms with Gasteiger partial charge >= 0.3 is 6.18 Å². The van der Waals surface area contributed by atoms with Crippen LogP contribution in [0.15, 0.2) is 42.6 Å². The molecular weight excluding hydrogens is 397 g/mol. The van der Waals surface area contributed by atoms with Crippen molar-refractivity contribution in [2.45, 2.75) is 31.9 Å². The molecule has 154 valence electrons. The molecular formula is C22H17F3N2O3. The molecule has 0 fully saturated rings. The Morgan fingerprint density at radius 1 is 1.20 bits per heavy atom. The van der Waals surface area contributed by atoms with Crippen LogP contribution in [0.1, 0.15) is 51.7 Å². The first-order chi connectivity index (χ1) is 14.3. The van der Waals surface area contributed by atoms with Gasteiger partial charge in [0.25, 0.3) is 5.91 Å². The number of hydrogen-bond donors (Lipinski definition) is 1. The van der Waals surface area contributed by atoms with E-state index >= 15 is 0 Å². The third-order valence-corrected chi connectivity index (χ3v) is 5.58. The number of amides is 1. The van der Waals surface area contributed by atoms with Crippen LogP contribution in [0, 0.1) is 0 Å². The summed E-state index contributed by atoms with van der Waals surface area (Å²) < 4.78 is 49.7. The van der Waals surface area contributed by atoms with Crippen molar-refractivity contribution in [2.24, 2.45) is 0 Å². The number of aromatic nitrogens is 1. The number of ether oxygens (including phenoxy) is 2. The number of pyridine rings is 1. The molecule has 1 unspecified atom stereocenters. The van der Waals surface area contributed by atoms with Gasteiger partial charge in [0.15, 0.2) is 0 Å². The quantitative estimate of drug-likeness (QED) is 0.660. The summed E-state index contributed by atoms with van der Waals surface area (Å²) in [7, 11) is 0. The van der Waals surface area contributed by atoms with Gasteiger partial charge < -0.3 is 14.8 Å². The summed E-state index contributed by atoms with van der Waals surface area (Å²) in [4.78, 5) is 17.3. The summed E-state index contributed by atoms with van der Waals surface area (Å²) in [5.41, 5.74) is 3.01. The van der Waals surface area contributed by atoms with E-state index in [4.69, 9.17) is 9.47 Å². The van der Waals surface area contributed by atoms with Crippen LogP contribution in [0.2, 0.25) is 0 Å². The van der Waals surface area contributed by atoms with Crippen LogP contribution in [0.3, 0.4) is 0 Å². The van der Waals surface area contributed by atoms with Gasteiger partial charge in [-0.15, -0.1) is 0 Å². The maximum atomic E-state index is 12.9. The van der Waals surface area contributed by atoms with Crippen molar-refractivity contribution in [2.75, 3.05) is 6.61 Å². The zero-order valence-electron chi connectivity index (χ0n) is 15.9. The topological polar surface area (TPSA) is 60.5 Å². The monoisotopic (exact) mass is 414 g/mol. The van der Waals surface area contributed by atoms with Gasteiger partial charge in [-0.1, -0.05) is 6.07 Å². The number of hydrogen-bond acceptors (Lipinski definition) is 4. The van der Waals surface area contributed by atoms with Gasteiger partial charge in [-0.3, -0.25) is 9.78 Å². The Labute approximate surface area is 169 Å². The molecule has 0 saturated carbocycles. The van der Waals surface area contributed by atoms with Crippen molar-refractivity contribution in [1.82, 2.24) is 10.3 Å². The van der Waals surface area contributed by atoms with E-state index in [1.807, 2.05) is 6.92 Å². The van der Waals surface area contributed by atoms with Crippen LogP contribution in [0.25, 0.3) is 10.9 Å². The predicted octanol–water partition coefficient (Wildman–Crippen LogP) is 4.71. The summed E-state index contributed by atoms with van der Waals surface area (Å²) in [6.07, 6.45) is -2.73. The number of carbonyl (C=O) groups is 1. The molecule has 1 N–H and O–H groups in total. The predicted molar refractivity (Wildman–Crippen MR) is 102 cm³/mol. The van der Waals surface area contributed by atoms with Crippen LogP contribution in [-0.4, -0.2) is 17.5 Å². The molecule has 2 atom stereocenters. The van der Waals surface area contributed by atoms with Gasteiger partial charge in [0.05, 0.1) is 29.8 Å². The first kappa shape index (κ1) is 18.9. The lowest BCUT2D eigenvalue weighted by Crippen LogP contribution is -2.29. The molecule has 30 heavy (non-hydrogen) atoms. The van der Waals surface area contributed by atoms with Gasteiger partial charge in [-0.25, -0.2) is 0 Å². The minimum absolute atomic E-state index is 0.0811. The molecule has 8 heteroatoms. The lowest BCUT2D eigenvalue weighted by molar-refractivity contribution is -0.137. The van der Waals surface area contributed by atoms with Gasteiger partial charge in [0, 0.05) is 28.3 Å². The molecule has 0 aliphatic carbocycles.